The van der Waals surface area contributed by atoms with Crippen molar-refractivity contribution in [3.05, 3.63) is 20.9 Å². The summed E-state index contributed by atoms with van der Waals surface area (Å²) in [6.07, 6.45) is 7.30. The molecule has 1 heterocycles. The van der Waals surface area contributed by atoms with Crippen LogP contribution in [0.4, 0.5) is 0 Å². The minimum absolute atomic E-state index is 1.26. The number of hydrogen-bond acceptors (Lipinski definition) is 2. The number of aliphatic imine (C=N–C) groups is 1. The predicted octanol–water partition coefficient (Wildman–Crippen LogP) is 2.98. The number of aryl methyl sites for hydroxylation is 2. The smallest absolute Gasteiger partial charge is 0.0295 e. The Bertz CT molecular complexity index is 336. The summed E-state index contributed by atoms with van der Waals surface area (Å²) in [6, 6.07) is 0. The fourth-order valence-electron chi connectivity index (χ4n) is 2.03. The summed E-state index contributed by atoms with van der Waals surface area (Å²) in [5, 5.41) is 0. The molecule has 1 aliphatic carbocycles. The van der Waals surface area contributed by atoms with E-state index in [1.165, 1.54) is 36.1 Å². The molecule has 1 aliphatic rings. The maximum Gasteiger partial charge on any atom is 0.0295 e. The van der Waals surface area contributed by atoms with E-state index in [2.05, 4.69) is 11.9 Å². The maximum atomic E-state index is 4.13. The van der Waals surface area contributed by atoms with Gasteiger partial charge in [-0.05, 0) is 38.2 Å². The van der Waals surface area contributed by atoms with Gasteiger partial charge in [0.05, 0.1) is 0 Å². The van der Waals surface area contributed by atoms with Crippen LogP contribution in [-0.2, 0) is 12.8 Å². The van der Waals surface area contributed by atoms with Gasteiger partial charge >= 0.3 is 0 Å². The Kier molecular flexibility index (Phi) is 2.49. The first-order chi connectivity index (χ1) is 6.33. The van der Waals surface area contributed by atoms with Gasteiger partial charge in [-0.2, -0.15) is 0 Å². The Balaban J connectivity index is 2.48. The van der Waals surface area contributed by atoms with Gasteiger partial charge in [-0.3, -0.25) is 4.99 Å². The van der Waals surface area contributed by atoms with Crippen LogP contribution in [0.3, 0.4) is 0 Å². The lowest BCUT2D eigenvalue weighted by molar-refractivity contribution is 0.696. The molecule has 0 saturated carbocycles. The van der Waals surface area contributed by atoms with Crippen LogP contribution in [0, 0.1) is 6.92 Å². The highest BCUT2D eigenvalue weighted by molar-refractivity contribution is 7.12. The number of thiophene rings is 1. The Hall–Kier alpha value is -0.630. The van der Waals surface area contributed by atoms with E-state index in [1.807, 2.05) is 24.6 Å². The second-order valence-electron chi connectivity index (χ2n) is 3.57. The minimum Gasteiger partial charge on any atom is -0.296 e. The maximum absolute atomic E-state index is 4.13. The van der Waals surface area contributed by atoms with Gasteiger partial charge in [-0.1, -0.05) is 0 Å². The van der Waals surface area contributed by atoms with Gasteiger partial charge in [0, 0.05) is 28.6 Å². The van der Waals surface area contributed by atoms with Crippen LogP contribution < -0.4 is 0 Å². The normalized spacial score (nSPS) is 16.5. The Morgan fingerprint density at radius 3 is 2.85 bits per heavy atom. The number of fused-ring (bicyclic) bond motifs is 1. The molecule has 0 spiro atoms. The monoisotopic (exact) mass is 193 g/mol. The molecule has 70 valence electrons. The van der Waals surface area contributed by atoms with Gasteiger partial charge in [-0.25, -0.2) is 0 Å². The second kappa shape index (κ2) is 3.62. The molecule has 0 unspecified atom stereocenters. The van der Waals surface area contributed by atoms with Crippen molar-refractivity contribution in [1.82, 2.24) is 0 Å². The van der Waals surface area contributed by atoms with Crippen molar-refractivity contribution in [2.45, 2.75) is 32.6 Å². The van der Waals surface area contributed by atoms with Crippen LogP contribution in [-0.4, -0.2) is 13.3 Å². The summed E-state index contributed by atoms with van der Waals surface area (Å²) in [4.78, 5) is 7.18. The van der Waals surface area contributed by atoms with Gasteiger partial charge in [-0.15, -0.1) is 11.3 Å². The van der Waals surface area contributed by atoms with E-state index in [1.54, 1.807) is 10.4 Å². The summed E-state index contributed by atoms with van der Waals surface area (Å²) < 4.78 is 0. The van der Waals surface area contributed by atoms with Crippen molar-refractivity contribution in [3.63, 3.8) is 0 Å². The molecule has 0 amide bonds. The number of hydrogen-bond donors (Lipinski definition) is 0. The van der Waals surface area contributed by atoms with Crippen molar-refractivity contribution in [2.24, 2.45) is 4.99 Å². The lowest BCUT2D eigenvalue weighted by Crippen LogP contribution is -2.00. The summed E-state index contributed by atoms with van der Waals surface area (Å²) >= 11 is 1.97. The third kappa shape index (κ3) is 1.55. The SMILES string of the molecule is C/N=C\c1c(C)sc2c1CCCC2. The topological polar surface area (TPSA) is 12.4 Å². The molecule has 0 saturated heterocycles. The highest BCUT2D eigenvalue weighted by Crippen LogP contribution is 2.32. The van der Waals surface area contributed by atoms with Crippen molar-refractivity contribution in [1.29, 1.82) is 0 Å². The molecule has 13 heavy (non-hydrogen) atoms. The fourth-order valence-corrected chi connectivity index (χ4v) is 3.26. The van der Waals surface area contributed by atoms with E-state index in [0.717, 1.165) is 0 Å². The Morgan fingerprint density at radius 1 is 1.31 bits per heavy atom. The van der Waals surface area contributed by atoms with Crippen LogP contribution in [0.1, 0.15) is 33.7 Å². The van der Waals surface area contributed by atoms with E-state index in [0.29, 0.717) is 0 Å². The molecular formula is C11H15NS. The second-order valence-corrected chi connectivity index (χ2v) is 4.88. The number of rotatable bonds is 1. The van der Waals surface area contributed by atoms with Crippen molar-refractivity contribution in [2.75, 3.05) is 7.05 Å². The molecule has 1 aromatic rings. The lowest BCUT2D eigenvalue weighted by Gasteiger charge is -2.10. The van der Waals surface area contributed by atoms with Gasteiger partial charge in [0.1, 0.15) is 0 Å². The molecule has 0 fully saturated rings. The molecule has 2 heteroatoms. The zero-order valence-electron chi connectivity index (χ0n) is 8.26. The van der Waals surface area contributed by atoms with E-state index in [4.69, 9.17) is 0 Å². The van der Waals surface area contributed by atoms with Gasteiger partial charge in [0.2, 0.25) is 0 Å². The zero-order valence-corrected chi connectivity index (χ0v) is 9.08. The van der Waals surface area contributed by atoms with E-state index in [-0.39, 0.29) is 0 Å². The number of nitrogens with zero attached hydrogens (tertiary/aromatic N) is 1. The molecule has 0 N–H and O–H groups in total. The van der Waals surface area contributed by atoms with Crippen molar-refractivity contribution < 1.29 is 0 Å². The summed E-state index contributed by atoms with van der Waals surface area (Å²) in [5.74, 6) is 0. The van der Waals surface area contributed by atoms with Crippen LogP contribution in [0.25, 0.3) is 0 Å². The van der Waals surface area contributed by atoms with E-state index >= 15 is 0 Å². The minimum atomic E-state index is 1.26. The van der Waals surface area contributed by atoms with E-state index < -0.39 is 0 Å². The molecule has 0 bridgehead atoms. The van der Waals surface area contributed by atoms with Gasteiger partial charge in [0.25, 0.3) is 0 Å². The molecule has 1 aromatic heterocycles. The third-order valence-corrected chi connectivity index (χ3v) is 3.88. The van der Waals surface area contributed by atoms with Crippen LogP contribution in [0.2, 0.25) is 0 Å². The predicted molar refractivity (Wildman–Crippen MR) is 59.2 cm³/mol. The molecule has 1 nitrogen and oxygen atoms in total. The zero-order chi connectivity index (χ0) is 9.26. The highest BCUT2D eigenvalue weighted by Gasteiger charge is 2.16. The van der Waals surface area contributed by atoms with E-state index in [9.17, 15) is 0 Å². The first-order valence-corrected chi connectivity index (χ1v) is 5.68. The first kappa shape index (κ1) is 8.95. The largest absolute Gasteiger partial charge is 0.296 e. The third-order valence-electron chi connectivity index (χ3n) is 2.66. The van der Waals surface area contributed by atoms with Crippen LogP contribution in [0.15, 0.2) is 4.99 Å². The first-order valence-electron chi connectivity index (χ1n) is 4.86. The Labute approximate surface area is 83.5 Å². The quantitative estimate of drug-likeness (QED) is 0.608. The molecule has 0 aromatic carbocycles. The Morgan fingerprint density at radius 2 is 2.08 bits per heavy atom. The van der Waals surface area contributed by atoms with Crippen LogP contribution in [0.5, 0.6) is 0 Å². The molecule has 0 atom stereocenters. The summed E-state index contributed by atoms with van der Waals surface area (Å²) in [5.41, 5.74) is 2.99. The summed E-state index contributed by atoms with van der Waals surface area (Å²) in [6.45, 7) is 2.21. The van der Waals surface area contributed by atoms with Crippen LogP contribution >= 0.6 is 11.3 Å². The highest BCUT2D eigenvalue weighted by atomic mass is 32.1. The molecule has 2 rings (SSSR count). The standard InChI is InChI=1S/C11H15NS/c1-8-10(7-12-2)9-5-3-4-6-11(9)13-8/h7H,3-6H2,1-2H3/b12-7-. The van der Waals surface area contributed by atoms with Crippen molar-refractivity contribution >= 4 is 17.6 Å². The summed E-state index contributed by atoms with van der Waals surface area (Å²) in [7, 11) is 1.85. The average Bonchev–Trinajstić information content (AvgIpc) is 2.44. The molecule has 0 aliphatic heterocycles. The van der Waals surface area contributed by atoms with Gasteiger partial charge < -0.3 is 0 Å². The lowest BCUT2D eigenvalue weighted by atomic mass is 9.95. The average molecular weight is 193 g/mol. The molecule has 0 radical (unpaired) electrons. The van der Waals surface area contributed by atoms with Gasteiger partial charge in [0.15, 0.2) is 0 Å². The molecular weight excluding hydrogens is 178 g/mol. The fraction of sp³-hybridized carbons (Fsp3) is 0.545. The van der Waals surface area contributed by atoms with Crippen molar-refractivity contribution in [3.8, 4) is 0 Å².